The molecule has 0 atom stereocenters. The fraction of sp³-hybridized carbons (Fsp3) is 0.304. The Kier molecular flexibility index (Phi) is 5.64. The van der Waals surface area contributed by atoms with Crippen molar-refractivity contribution in [1.82, 2.24) is 0 Å². The number of esters is 1. The monoisotopic (exact) mass is 396 g/mol. The van der Waals surface area contributed by atoms with Gasteiger partial charge in [0.2, 0.25) is 5.75 Å². The molecule has 29 heavy (non-hydrogen) atoms. The molecule has 0 aliphatic heterocycles. The quantitative estimate of drug-likeness (QED) is 0.447. The highest BCUT2D eigenvalue weighted by molar-refractivity contribution is 5.97. The zero-order valence-corrected chi connectivity index (χ0v) is 17.1. The molecule has 2 aromatic carbocycles. The molecule has 0 aliphatic rings. The minimum atomic E-state index is -0.727. The summed E-state index contributed by atoms with van der Waals surface area (Å²) < 4.78 is 22.8. The Morgan fingerprint density at radius 3 is 2.28 bits per heavy atom. The Bertz CT molecular complexity index is 1070. The lowest BCUT2D eigenvalue weighted by Gasteiger charge is -2.23. The van der Waals surface area contributed by atoms with Crippen molar-refractivity contribution in [3.8, 4) is 17.2 Å². The third kappa shape index (κ3) is 4.77. The smallest absolute Gasteiger partial charge is 0.383 e. The van der Waals surface area contributed by atoms with E-state index in [4.69, 9.17) is 18.6 Å². The van der Waals surface area contributed by atoms with Gasteiger partial charge in [-0.1, -0.05) is 24.3 Å². The minimum Gasteiger partial charge on any atom is -0.487 e. The zero-order valence-electron chi connectivity index (χ0n) is 17.1. The van der Waals surface area contributed by atoms with Gasteiger partial charge in [0.15, 0.2) is 5.75 Å². The summed E-state index contributed by atoms with van der Waals surface area (Å²) in [4.78, 5) is 25.3. The van der Waals surface area contributed by atoms with Gasteiger partial charge in [-0.15, -0.1) is 0 Å². The molecule has 0 radical (unpaired) electrons. The summed E-state index contributed by atoms with van der Waals surface area (Å²) >= 11 is 0. The summed E-state index contributed by atoms with van der Waals surface area (Å²) in [5, 5.41) is 0.363. The predicted molar refractivity (Wildman–Crippen MR) is 110 cm³/mol. The van der Waals surface area contributed by atoms with Gasteiger partial charge in [0, 0.05) is 0 Å². The Labute approximate surface area is 169 Å². The molecule has 0 amide bonds. The van der Waals surface area contributed by atoms with Crippen LogP contribution in [0.4, 0.5) is 0 Å². The van der Waals surface area contributed by atoms with E-state index >= 15 is 0 Å². The topological polar surface area (TPSA) is 75.0 Å². The van der Waals surface area contributed by atoms with Gasteiger partial charge in [-0.25, -0.2) is 9.59 Å². The molecule has 0 aliphatic carbocycles. The highest BCUT2D eigenvalue weighted by Gasteiger charge is 2.26. The van der Waals surface area contributed by atoms with Gasteiger partial charge < -0.3 is 18.6 Å². The summed E-state index contributed by atoms with van der Waals surface area (Å²) in [7, 11) is 0. The third-order valence-electron chi connectivity index (χ3n) is 3.78. The molecule has 0 fully saturated rings. The standard InChI is InChI=1S/C23H24O6/c1-14(2)26-20-19(28-21(24)15-10-7-6-8-11-15)18-16(27-22(20)25)12-9-13-17(18)29-23(3,4)5/h6-14H,1-5H3. The van der Waals surface area contributed by atoms with E-state index in [1.807, 2.05) is 20.8 Å². The van der Waals surface area contributed by atoms with E-state index in [1.165, 1.54) is 0 Å². The zero-order chi connectivity index (χ0) is 21.2. The molecule has 0 N–H and O–H groups in total. The largest absolute Gasteiger partial charge is 0.487 e. The molecule has 3 aromatic rings. The molecule has 1 heterocycles. The van der Waals surface area contributed by atoms with Gasteiger partial charge in [0.25, 0.3) is 0 Å². The van der Waals surface area contributed by atoms with E-state index < -0.39 is 17.2 Å². The summed E-state index contributed by atoms with van der Waals surface area (Å²) in [6, 6.07) is 13.6. The Balaban J connectivity index is 2.24. The van der Waals surface area contributed by atoms with Crippen LogP contribution < -0.4 is 19.8 Å². The highest BCUT2D eigenvalue weighted by Crippen LogP contribution is 2.40. The normalized spacial score (nSPS) is 11.5. The van der Waals surface area contributed by atoms with Gasteiger partial charge in [0.05, 0.1) is 11.7 Å². The maximum atomic E-state index is 12.8. The third-order valence-corrected chi connectivity index (χ3v) is 3.78. The van der Waals surface area contributed by atoms with Crippen LogP contribution >= 0.6 is 0 Å². The highest BCUT2D eigenvalue weighted by atomic mass is 16.6. The van der Waals surface area contributed by atoms with Crippen molar-refractivity contribution in [1.29, 1.82) is 0 Å². The van der Waals surface area contributed by atoms with Crippen molar-refractivity contribution in [3.05, 3.63) is 64.5 Å². The average molecular weight is 396 g/mol. The van der Waals surface area contributed by atoms with Crippen LogP contribution in [0.1, 0.15) is 45.0 Å². The lowest BCUT2D eigenvalue weighted by molar-refractivity contribution is 0.0725. The van der Waals surface area contributed by atoms with Crippen LogP contribution in [-0.2, 0) is 0 Å². The number of benzene rings is 2. The predicted octanol–water partition coefficient (Wildman–Crippen LogP) is 4.98. The molecule has 152 valence electrons. The Hall–Kier alpha value is -3.28. The molecule has 3 rings (SSSR count). The lowest BCUT2D eigenvalue weighted by atomic mass is 10.1. The summed E-state index contributed by atoms with van der Waals surface area (Å²) in [5.74, 6) is -0.375. The van der Waals surface area contributed by atoms with Crippen LogP contribution in [0.3, 0.4) is 0 Å². The van der Waals surface area contributed by atoms with Crippen molar-refractivity contribution in [2.24, 2.45) is 0 Å². The summed E-state index contributed by atoms with van der Waals surface area (Å²) in [6.45, 7) is 9.22. The van der Waals surface area contributed by atoms with Crippen molar-refractivity contribution < 1.29 is 23.4 Å². The van der Waals surface area contributed by atoms with Crippen molar-refractivity contribution in [2.75, 3.05) is 0 Å². The van der Waals surface area contributed by atoms with Gasteiger partial charge in [-0.2, -0.15) is 0 Å². The lowest BCUT2D eigenvalue weighted by Crippen LogP contribution is -2.23. The number of ether oxygens (including phenoxy) is 3. The Morgan fingerprint density at radius 2 is 1.66 bits per heavy atom. The van der Waals surface area contributed by atoms with E-state index in [0.29, 0.717) is 16.7 Å². The van der Waals surface area contributed by atoms with E-state index in [0.717, 1.165) is 0 Å². The van der Waals surface area contributed by atoms with Crippen LogP contribution in [0, 0.1) is 0 Å². The van der Waals surface area contributed by atoms with Gasteiger partial charge in [0.1, 0.15) is 22.3 Å². The maximum Gasteiger partial charge on any atom is 0.383 e. The molecular weight excluding hydrogens is 372 g/mol. The fourth-order valence-corrected chi connectivity index (χ4v) is 2.75. The summed E-state index contributed by atoms with van der Waals surface area (Å²) in [5.41, 5.74) is -0.665. The number of rotatable bonds is 5. The molecule has 0 saturated heterocycles. The van der Waals surface area contributed by atoms with Gasteiger partial charge >= 0.3 is 11.6 Å². The minimum absolute atomic E-state index is 0.0151. The first-order valence-electron chi connectivity index (χ1n) is 9.38. The van der Waals surface area contributed by atoms with Gasteiger partial charge in [-0.05, 0) is 58.9 Å². The van der Waals surface area contributed by atoms with Gasteiger partial charge in [-0.3, -0.25) is 0 Å². The number of hydrogen-bond acceptors (Lipinski definition) is 6. The van der Waals surface area contributed by atoms with E-state index in [2.05, 4.69) is 0 Å². The van der Waals surface area contributed by atoms with Crippen LogP contribution in [-0.4, -0.2) is 17.7 Å². The second-order valence-corrected chi connectivity index (χ2v) is 7.81. The molecule has 6 nitrogen and oxygen atoms in total. The van der Waals surface area contributed by atoms with E-state index in [1.54, 1.807) is 62.4 Å². The molecule has 0 saturated carbocycles. The number of carbonyl (C=O) groups excluding carboxylic acids is 1. The average Bonchev–Trinajstić information content (AvgIpc) is 2.63. The SMILES string of the molecule is CC(C)Oc1c(OC(=O)c2ccccc2)c2c(OC(C)(C)C)cccc2oc1=O. The fourth-order valence-electron chi connectivity index (χ4n) is 2.75. The van der Waals surface area contributed by atoms with Crippen molar-refractivity contribution in [3.63, 3.8) is 0 Å². The number of fused-ring (bicyclic) bond motifs is 1. The maximum absolute atomic E-state index is 12.8. The molecule has 0 spiro atoms. The first kappa shape index (κ1) is 20.5. The second-order valence-electron chi connectivity index (χ2n) is 7.81. The van der Waals surface area contributed by atoms with Crippen LogP contribution in [0.5, 0.6) is 17.2 Å². The van der Waals surface area contributed by atoms with Crippen LogP contribution in [0.25, 0.3) is 11.0 Å². The first-order valence-corrected chi connectivity index (χ1v) is 9.38. The van der Waals surface area contributed by atoms with E-state index in [9.17, 15) is 9.59 Å². The number of hydrogen-bond donors (Lipinski definition) is 0. The van der Waals surface area contributed by atoms with E-state index in [-0.39, 0.29) is 23.2 Å². The molecule has 1 aromatic heterocycles. The van der Waals surface area contributed by atoms with Crippen molar-refractivity contribution >= 4 is 16.9 Å². The summed E-state index contributed by atoms with van der Waals surface area (Å²) in [6.07, 6.45) is -0.333. The first-order chi connectivity index (χ1) is 13.7. The van der Waals surface area contributed by atoms with Crippen LogP contribution in [0.2, 0.25) is 0 Å². The molecule has 0 unspecified atom stereocenters. The molecule has 0 bridgehead atoms. The number of carbonyl (C=O) groups is 1. The Morgan fingerprint density at radius 1 is 0.966 bits per heavy atom. The van der Waals surface area contributed by atoms with Crippen molar-refractivity contribution in [2.45, 2.75) is 46.3 Å². The molecular formula is C23H24O6. The molecule has 6 heteroatoms. The van der Waals surface area contributed by atoms with Crippen LogP contribution in [0.15, 0.2) is 57.7 Å². The second kappa shape index (κ2) is 7.99.